The van der Waals surface area contributed by atoms with Crippen LogP contribution >= 0.6 is 0 Å². The third-order valence-electron chi connectivity index (χ3n) is 6.63. The highest BCUT2D eigenvalue weighted by Gasteiger charge is 2.34. The first-order valence-electron chi connectivity index (χ1n) is 11.9. The molecule has 0 atom stereocenters. The predicted octanol–water partition coefficient (Wildman–Crippen LogP) is 4.62. The van der Waals surface area contributed by atoms with Crippen LogP contribution in [0.3, 0.4) is 0 Å². The van der Waals surface area contributed by atoms with Crippen LogP contribution in [-0.4, -0.2) is 47.4 Å². The van der Waals surface area contributed by atoms with Crippen molar-refractivity contribution in [3.63, 3.8) is 0 Å². The minimum absolute atomic E-state index is 0.0697. The lowest BCUT2D eigenvalue weighted by molar-refractivity contribution is -0.120. The molecule has 1 saturated heterocycles. The number of fused-ring (bicyclic) bond motifs is 1. The quantitative estimate of drug-likeness (QED) is 0.329. The van der Waals surface area contributed by atoms with Gasteiger partial charge in [0.15, 0.2) is 5.65 Å². The van der Waals surface area contributed by atoms with Gasteiger partial charge in [-0.1, -0.05) is 31.2 Å². The first-order valence-corrected chi connectivity index (χ1v) is 13.4. The van der Waals surface area contributed by atoms with Crippen molar-refractivity contribution >= 4 is 21.1 Å². The van der Waals surface area contributed by atoms with E-state index in [9.17, 15) is 13.7 Å². The van der Waals surface area contributed by atoms with Gasteiger partial charge >= 0.3 is 0 Å². The smallest absolute Gasteiger partial charge is 0.269 e. The molecule has 0 unspecified atom stereocenters. The Morgan fingerprint density at radius 3 is 2.61 bits per heavy atom. The summed E-state index contributed by atoms with van der Waals surface area (Å²) >= 11 is 0. The van der Waals surface area contributed by atoms with Crippen LogP contribution in [-0.2, 0) is 14.8 Å². The fraction of sp³-hybridized carbons (Fsp3) is 0.179. The van der Waals surface area contributed by atoms with E-state index in [1.165, 1.54) is 3.97 Å². The number of H-pyrrole nitrogens is 1. The molecule has 38 heavy (non-hydrogen) atoms. The molecule has 2 aromatic carbocycles. The lowest BCUT2D eigenvalue weighted by Gasteiger charge is -2.37. The maximum absolute atomic E-state index is 13.6. The number of rotatable bonds is 7. The van der Waals surface area contributed by atoms with E-state index in [4.69, 9.17) is 9.47 Å². The molecule has 6 rings (SSSR count). The van der Waals surface area contributed by atoms with E-state index < -0.39 is 10.0 Å². The summed E-state index contributed by atoms with van der Waals surface area (Å²) in [4.78, 5) is 4.70. The highest BCUT2D eigenvalue weighted by Crippen LogP contribution is 2.37. The normalized spacial score (nSPS) is 14.6. The van der Waals surface area contributed by atoms with Crippen molar-refractivity contribution in [2.45, 2.75) is 11.8 Å². The SMILES string of the molecule is CC1(COc2ccc(-c3cn(S(=O)(=O)c4ccccc4)c4ncc(-c5cn[nH]c5)cc34)cc2C#N)COC1. The Balaban J connectivity index is 1.49. The monoisotopic (exact) mass is 525 g/mol. The van der Waals surface area contributed by atoms with Crippen LogP contribution in [0.4, 0.5) is 0 Å². The first kappa shape index (κ1) is 23.9. The molecular weight excluding hydrogens is 502 g/mol. The van der Waals surface area contributed by atoms with Crippen LogP contribution in [0.1, 0.15) is 12.5 Å². The maximum Gasteiger partial charge on any atom is 0.269 e. The van der Waals surface area contributed by atoms with Gasteiger partial charge < -0.3 is 9.47 Å². The van der Waals surface area contributed by atoms with E-state index in [1.54, 1.807) is 67.3 Å². The summed E-state index contributed by atoms with van der Waals surface area (Å²) in [6.07, 6.45) is 6.60. The van der Waals surface area contributed by atoms with Crippen LogP contribution in [0.2, 0.25) is 0 Å². The molecule has 1 fully saturated rings. The van der Waals surface area contributed by atoms with Crippen molar-refractivity contribution in [2.75, 3.05) is 19.8 Å². The number of ether oxygens (including phenoxy) is 2. The Hall–Kier alpha value is -4.46. The van der Waals surface area contributed by atoms with Gasteiger partial charge in [-0.2, -0.15) is 10.4 Å². The molecule has 9 nitrogen and oxygen atoms in total. The minimum atomic E-state index is -3.93. The molecule has 5 aromatic rings. The third-order valence-corrected chi connectivity index (χ3v) is 8.30. The number of hydrogen-bond acceptors (Lipinski definition) is 7. The molecule has 3 aromatic heterocycles. The van der Waals surface area contributed by atoms with E-state index >= 15 is 0 Å². The molecule has 10 heteroatoms. The zero-order valence-corrected chi connectivity index (χ0v) is 21.3. The number of hydrogen-bond donors (Lipinski definition) is 1. The van der Waals surface area contributed by atoms with Gasteiger partial charge in [0, 0.05) is 46.1 Å². The highest BCUT2D eigenvalue weighted by atomic mass is 32.2. The lowest BCUT2D eigenvalue weighted by Crippen LogP contribution is -2.44. The average molecular weight is 526 g/mol. The van der Waals surface area contributed by atoms with Crippen molar-refractivity contribution in [1.82, 2.24) is 19.2 Å². The second-order valence-electron chi connectivity index (χ2n) is 9.65. The summed E-state index contributed by atoms with van der Waals surface area (Å²) in [7, 11) is -3.93. The van der Waals surface area contributed by atoms with Crippen LogP contribution in [0, 0.1) is 16.7 Å². The van der Waals surface area contributed by atoms with E-state index in [2.05, 4.69) is 28.2 Å². The van der Waals surface area contributed by atoms with Gasteiger partial charge in [0.1, 0.15) is 11.8 Å². The minimum Gasteiger partial charge on any atom is -0.491 e. The van der Waals surface area contributed by atoms with E-state index in [-0.39, 0.29) is 16.0 Å². The largest absolute Gasteiger partial charge is 0.491 e. The molecule has 0 bridgehead atoms. The number of nitrogens with zero attached hydrogens (tertiary/aromatic N) is 4. The van der Waals surface area contributed by atoms with Crippen molar-refractivity contribution in [3.05, 3.63) is 84.9 Å². The first-order chi connectivity index (χ1) is 18.4. The molecule has 1 aliphatic rings. The number of nitriles is 1. The number of aromatic nitrogens is 4. The fourth-order valence-electron chi connectivity index (χ4n) is 4.46. The van der Waals surface area contributed by atoms with Crippen LogP contribution in [0.25, 0.3) is 33.3 Å². The molecule has 0 spiro atoms. The molecule has 1 aliphatic heterocycles. The summed E-state index contributed by atoms with van der Waals surface area (Å²) in [6, 6.07) is 17.6. The Labute approximate surface area is 219 Å². The second-order valence-corrected chi connectivity index (χ2v) is 11.5. The summed E-state index contributed by atoms with van der Waals surface area (Å²) in [5.74, 6) is 0.474. The fourth-order valence-corrected chi connectivity index (χ4v) is 5.81. The summed E-state index contributed by atoms with van der Waals surface area (Å²) < 4.78 is 39.7. The topological polar surface area (TPSA) is 123 Å². The molecule has 4 heterocycles. The maximum atomic E-state index is 13.6. The van der Waals surface area contributed by atoms with E-state index in [0.29, 0.717) is 47.6 Å². The van der Waals surface area contributed by atoms with E-state index in [1.807, 2.05) is 12.1 Å². The molecular formula is C28H23N5O4S. The Morgan fingerprint density at radius 1 is 1.11 bits per heavy atom. The molecule has 1 N–H and O–H groups in total. The van der Waals surface area contributed by atoms with Gasteiger partial charge in [0.25, 0.3) is 10.0 Å². The van der Waals surface area contributed by atoms with Crippen molar-refractivity contribution in [3.8, 4) is 34.1 Å². The van der Waals surface area contributed by atoms with Crippen LogP contribution < -0.4 is 4.74 Å². The van der Waals surface area contributed by atoms with Crippen molar-refractivity contribution in [2.24, 2.45) is 5.41 Å². The number of pyridine rings is 1. The number of benzene rings is 2. The number of nitrogens with one attached hydrogen (secondary N) is 1. The van der Waals surface area contributed by atoms with Crippen molar-refractivity contribution < 1.29 is 17.9 Å². The Kier molecular flexibility index (Phi) is 5.75. The average Bonchev–Trinajstić information content (AvgIpc) is 3.60. The number of aromatic amines is 1. The summed E-state index contributed by atoms with van der Waals surface area (Å²) in [5.41, 5.74) is 3.47. The van der Waals surface area contributed by atoms with Gasteiger partial charge in [-0.15, -0.1) is 0 Å². The zero-order valence-electron chi connectivity index (χ0n) is 20.5. The van der Waals surface area contributed by atoms with Crippen molar-refractivity contribution in [1.29, 1.82) is 5.26 Å². The molecule has 0 radical (unpaired) electrons. The lowest BCUT2D eigenvalue weighted by atomic mass is 9.90. The van der Waals surface area contributed by atoms with Gasteiger partial charge in [-0.3, -0.25) is 5.10 Å². The van der Waals surface area contributed by atoms with Gasteiger partial charge in [0.2, 0.25) is 0 Å². The highest BCUT2D eigenvalue weighted by molar-refractivity contribution is 7.90. The molecule has 0 amide bonds. The summed E-state index contributed by atoms with van der Waals surface area (Å²) in [6.45, 7) is 3.75. The van der Waals surface area contributed by atoms with Gasteiger partial charge in [0.05, 0.1) is 36.5 Å². The van der Waals surface area contributed by atoms with Gasteiger partial charge in [-0.25, -0.2) is 17.4 Å². The summed E-state index contributed by atoms with van der Waals surface area (Å²) in [5, 5.41) is 17.3. The molecule has 190 valence electrons. The third kappa shape index (κ3) is 4.12. The van der Waals surface area contributed by atoms with Gasteiger partial charge in [-0.05, 0) is 35.9 Å². The van der Waals surface area contributed by atoms with Crippen LogP contribution in [0.5, 0.6) is 5.75 Å². The van der Waals surface area contributed by atoms with Crippen LogP contribution in [0.15, 0.2) is 84.3 Å². The zero-order chi connectivity index (χ0) is 26.3. The Bertz CT molecular complexity index is 1780. The predicted molar refractivity (Wildman–Crippen MR) is 141 cm³/mol. The van der Waals surface area contributed by atoms with E-state index in [0.717, 1.165) is 11.1 Å². The second kappa shape index (κ2) is 9.13. The molecule has 0 saturated carbocycles. The Morgan fingerprint density at radius 2 is 1.92 bits per heavy atom. The molecule has 0 aliphatic carbocycles. The standard InChI is InChI=1S/C28H23N5O4S/c1-28(16-36-17-28)18-37-26-8-7-19(9-20(26)11-29)25-15-33(38(34,35)23-5-3-2-4-6-23)27-24(25)10-21(12-30-27)22-13-31-32-14-22/h2-10,12-15H,16-18H2,1H3,(H,31,32).